The molecule has 1 heterocycles. The van der Waals surface area contributed by atoms with Crippen LogP contribution < -0.4 is 15.8 Å². The molecule has 1 N–H and O–H groups in total. The van der Waals surface area contributed by atoms with Gasteiger partial charge in [0.1, 0.15) is 24.0 Å². The highest BCUT2D eigenvalue weighted by Crippen LogP contribution is 2.16. The lowest BCUT2D eigenvalue weighted by Crippen LogP contribution is -2.36. The Labute approximate surface area is 156 Å². The minimum atomic E-state index is -0.693. The lowest BCUT2D eigenvalue weighted by Gasteiger charge is -2.16. The number of rotatable bonds is 5. The van der Waals surface area contributed by atoms with E-state index in [0.29, 0.717) is 22.6 Å². The molecule has 0 atom stereocenters. The highest BCUT2D eigenvalue weighted by atomic mass is 19.1. The van der Waals surface area contributed by atoms with Gasteiger partial charge in [-0.25, -0.2) is 8.78 Å². The minimum absolute atomic E-state index is 0.0695. The lowest BCUT2D eigenvalue weighted by molar-refractivity contribution is 0.282. The van der Waals surface area contributed by atoms with Crippen molar-refractivity contribution in [2.45, 2.75) is 20.1 Å². The lowest BCUT2D eigenvalue weighted by atomic mass is 9.96. The molecule has 138 valence electrons. The van der Waals surface area contributed by atoms with Crippen LogP contribution >= 0.6 is 0 Å². The normalized spacial score (nSPS) is 10.8. The van der Waals surface area contributed by atoms with Gasteiger partial charge in [0.05, 0.1) is 6.61 Å². The fraction of sp³-hybridized carbons (Fsp3) is 0.150. The zero-order valence-corrected chi connectivity index (χ0v) is 15.0. The zero-order valence-electron chi connectivity index (χ0n) is 15.0. The Morgan fingerprint density at radius 1 is 1.11 bits per heavy atom. The van der Waals surface area contributed by atoms with Crippen molar-refractivity contribution >= 4 is 13.3 Å². The molecule has 0 aliphatic rings. The Balaban J connectivity index is 1.91. The quantitative estimate of drug-likeness (QED) is 0.698. The van der Waals surface area contributed by atoms with Crippen LogP contribution in [-0.4, -0.2) is 17.5 Å². The number of aryl methyl sites for hydroxylation is 1. The molecule has 0 saturated heterocycles. The SMILES string of the molecule is Bc1c(OCc2ccc(F)cc2F)cc(C)n(-c2ccc(CO)cc2)c1=O. The van der Waals surface area contributed by atoms with Crippen molar-refractivity contribution in [3.8, 4) is 11.4 Å². The number of halogens is 2. The summed E-state index contributed by atoms with van der Waals surface area (Å²) in [5, 5.41) is 9.14. The number of pyridine rings is 1. The number of hydrogen-bond donors (Lipinski definition) is 1. The molecule has 7 heteroatoms. The fourth-order valence-electron chi connectivity index (χ4n) is 2.81. The number of ether oxygens (including phenoxy) is 1. The maximum Gasteiger partial charge on any atom is 0.252 e. The minimum Gasteiger partial charge on any atom is -0.489 e. The summed E-state index contributed by atoms with van der Waals surface area (Å²) >= 11 is 0. The van der Waals surface area contributed by atoms with Gasteiger partial charge in [-0.2, -0.15) is 0 Å². The summed E-state index contributed by atoms with van der Waals surface area (Å²) in [5.41, 5.74) is 2.42. The first-order valence-corrected chi connectivity index (χ1v) is 8.41. The molecule has 27 heavy (non-hydrogen) atoms. The average Bonchev–Trinajstić information content (AvgIpc) is 2.65. The van der Waals surface area contributed by atoms with Crippen molar-refractivity contribution in [1.29, 1.82) is 0 Å². The van der Waals surface area contributed by atoms with Gasteiger partial charge in [-0.05, 0) is 42.8 Å². The Bertz CT molecular complexity index is 1030. The third-order valence-corrected chi connectivity index (χ3v) is 4.36. The Hall–Kier alpha value is -2.93. The standard InChI is InChI=1S/C20H18BF2NO3/c1-12-8-18(27-11-14-4-5-15(22)9-17(14)23)19(21)20(26)24(12)16-6-2-13(10-25)3-7-16/h2-9,25H,10-11,21H2,1H3. The molecule has 0 radical (unpaired) electrons. The van der Waals surface area contributed by atoms with Gasteiger partial charge >= 0.3 is 0 Å². The van der Waals surface area contributed by atoms with E-state index in [1.165, 1.54) is 6.07 Å². The van der Waals surface area contributed by atoms with E-state index in [2.05, 4.69) is 0 Å². The third-order valence-electron chi connectivity index (χ3n) is 4.36. The number of aliphatic hydroxyl groups excluding tert-OH is 1. The first kappa shape index (κ1) is 18.9. The van der Waals surface area contributed by atoms with Crippen LogP contribution in [0.1, 0.15) is 16.8 Å². The predicted molar refractivity (Wildman–Crippen MR) is 102 cm³/mol. The topological polar surface area (TPSA) is 51.5 Å². The molecule has 3 aromatic rings. The maximum absolute atomic E-state index is 13.8. The first-order chi connectivity index (χ1) is 12.9. The van der Waals surface area contributed by atoms with Gasteiger partial charge in [0.2, 0.25) is 0 Å². The zero-order chi connectivity index (χ0) is 19.6. The second-order valence-electron chi connectivity index (χ2n) is 6.26. The van der Waals surface area contributed by atoms with Crippen LogP contribution in [0.3, 0.4) is 0 Å². The van der Waals surface area contributed by atoms with Crippen molar-refractivity contribution in [1.82, 2.24) is 4.57 Å². The average molecular weight is 369 g/mol. The number of aromatic nitrogens is 1. The van der Waals surface area contributed by atoms with E-state index in [1.807, 2.05) is 0 Å². The van der Waals surface area contributed by atoms with E-state index in [9.17, 15) is 13.6 Å². The van der Waals surface area contributed by atoms with Crippen LogP contribution in [0, 0.1) is 18.6 Å². The maximum atomic E-state index is 13.8. The number of hydrogen-bond acceptors (Lipinski definition) is 3. The largest absolute Gasteiger partial charge is 0.489 e. The molecule has 0 spiro atoms. The second kappa shape index (κ2) is 7.76. The van der Waals surface area contributed by atoms with Crippen LogP contribution in [0.5, 0.6) is 5.75 Å². The van der Waals surface area contributed by atoms with Crippen LogP contribution in [0.25, 0.3) is 5.69 Å². The van der Waals surface area contributed by atoms with Crippen LogP contribution in [-0.2, 0) is 13.2 Å². The van der Waals surface area contributed by atoms with Crippen LogP contribution in [0.4, 0.5) is 8.78 Å². The summed E-state index contributed by atoms with van der Waals surface area (Å²) in [7, 11) is 1.64. The molecule has 0 aliphatic carbocycles. The van der Waals surface area contributed by atoms with E-state index in [4.69, 9.17) is 9.84 Å². The number of nitrogens with zero attached hydrogens (tertiary/aromatic N) is 1. The smallest absolute Gasteiger partial charge is 0.252 e. The molecule has 0 saturated carbocycles. The molecule has 3 rings (SSSR count). The van der Waals surface area contributed by atoms with E-state index in [-0.39, 0.29) is 24.3 Å². The van der Waals surface area contributed by atoms with Gasteiger partial charge in [0, 0.05) is 28.5 Å². The highest BCUT2D eigenvalue weighted by Gasteiger charge is 2.13. The van der Waals surface area contributed by atoms with Crippen LogP contribution in [0.2, 0.25) is 0 Å². The molecule has 1 aromatic heterocycles. The molecule has 0 unspecified atom stereocenters. The van der Waals surface area contributed by atoms with Crippen LogP contribution in [0.15, 0.2) is 53.3 Å². The fourth-order valence-corrected chi connectivity index (χ4v) is 2.81. The van der Waals surface area contributed by atoms with Crippen molar-refractivity contribution in [3.05, 3.63) is 87.3 Å². The third kappa shape index (κ3) is 3.93. The van der Waals surface area contributed by atoms with Crippen molar-refractivity contribution in [2.75, 3.05) is 0 Å². The summed E-state index contributed by atoms with van der Waals surface area (Å²) in [6.07, 6.45) is 0. The van der Waals surface area contributed by atoms with Gasteiger partial charge in [-0.15, -0.1) is 0 Å². The molecule has 2 aromatic carbocycles. The summed E-state index contributed by atoms with van der Waals surface area (Å²) in [6, 6.07) is 12.0. The predicted octanol–water partition coefficient (Wildman–Crippen LogP) is 1.75. The van der Waals surface area contributed by atoms with Crippen molar-refractivity contribution in [3.63, 3.8) is 0 Å². The monoisotopic (exact) mass is 369 g/mol. The summed E-state index contributed by atoms with van der Waals surface area (Å²) < 4.78 is 33.9. The molecule has 0 aliphatic heterocycles. The van der Waals surface area contributed by atoms with Gasteiger partial charge in [0.15, 0.2) is 7.85 Å². The van der Waals surface area contributed by atoms with E-state index in [1.54, 1.807) is 49.7 Å². The van der Waals surface area contributed by atoms with E-state index in [0.717, 1.165) is 17.7 Å². The van der Waals surface area contributed by atoms with Crippen molar-refractivity contribution in [2.24, 2.45) is 0 Å². The van der Waals surface area contributed by atoms with E-state index >= 15 is 0 Å². The summed E-state index contributed by atoms with van der Waals surface area (Å²) in [5.74, 6) is -0.996. The van der Waals surface area contributed by atoms with Gasteiger partial charge < -0.3 is 9.84 Å². The molecule has 4 nitrogen and oxygen atoms in total. The Kier molecular flexibility index (Phi) is 5.42. The molecular formula is C20H18BF2NO3. The molecule has 0 bridgehead atoms. The van der Waals surface area contributed by atoms with Gasteiger partial charge in [-0.1, -0.05) is 12.1 Å². The van der Waals surface area contributed by atoms with Gasteiger partial charge in [-0.3, -0.25) is 9.36 Å². The van der Waals surface area contributed by atoms with E-state index < -0.39 is 11.6 Å². The highest BCUT2D eigenvalue weighted by molar-refractivity contribution is 6.34. The molecular weight excluding hydrogens is 351 g/mol. The summed E-state index contributed by atoms with van der Waals surface area (Å²) in [6.45, 7) is 1.59. The summed E-state index contributed by atoms with van der Waals surface area (Å²) in [4.78, 5) is 12.8. The van der Waals surface area contributed by atoms with Crippen molar-refractivity contribution < 1.29 is 18.6 Å². The molecule has 0 fully saturated rings. The Morgan fingerprint density at radius 2 is 1.81 bits per heavy atom. The first-order valence-electron chi connectivity index (χ1n) is 8.41. The molecule has 0 amide bonds. The Morgan fingerprint density at radius 3 is 2.44 bits per heavy atom. The number of aliphatic hydroxyl groups is 1. The number of benzene rings is 2. The van der Waals surface area contributed by atoms with Gasteiger partial charge in [0.25, 0.3) is 5.56 Å². The second-order valence-corrected chi connectivity index (χ2v) is 6.26.